The zero-order chi connectivity index (χ0) is 20.8. The molecule has 0 atom stereocenters. The number of benzene rings is 1. The van der Waals surface area contributed by atoms with Crippen LogP contribution in [-0.4, -0.2) is 28.8 Å². The van der Waals surface area contributed by atoms with Crippen molar-refractivity contribution < 1.29 is 22.7 Å². The van der Waals surface area contributed by atoms with Crippen molar-refractivity contribution in [1.29, 1.82) is 0 Å². The second-order valence-electron chi connectivity index (χ2n) is 5.98. The molecule has 1 aromatic heterocycles. The third-order valence-corrected chi connectivity index (χ3v) is 4.14. The van der Waals surface area contributed by atoms with Gasteiger partial charge in [0.15, 0.2) is 5.83 Å². The maximum absolute atomic E-state index is 14.0. The van der Waals surface area contributed by atoms with Crippen LogP contribution in [0.25, 0.3) is 11.0 Å². The number of hydrogen-bond donors (Lipinski definition) is 1. The van der Waals surface area contributed by atoms with Gasteiger partial charge in [-0.25, -0.2) is 14.4 Å². The Kier molecular flexibility index (Phi) is 6.97. The Labute approximate surface area is 160 Å². The fourth-order valence-corrected chi connectivity index (χ4v) is 2.78. The molecule has 9 heteroatoms. The van der Waals surface area contributed by atoms with Crippen LogP contribution in [0.3, 0.4) is 0 Å². The molecule has 0 unspecified atom stereocenters. The summed E-state index contributed by atoms with van der Waals surface area (Å²) in [6.07, 6.45) is 3.22. The number of carbonyl (C=O) groups excluding carboxylic acids is 1. The molecule has 150 valence electrons. The number of aromatic nitrogens is 2. The quantitative estimate of drug-likeness (QED) is 0.321. The highest BCUT2D eigenvalue weighted by atomic mass is 19.3. The molecule has 6 nitrogen and oxygen atoms in total. The maximum atomic E-state index is 14.0. The van der Waals surface area contributed by atoms with Crippen molar-refractivity contribution in [3.8, 4) is 0 Å². The first-order chi connectivity index (χ1) is 13.3. The number of carbonyl (C=O) groups is 1. The zero-order valence-electron chi connectivity index (χ0n) is 15.8. The number of nitrogens with zero attached hydrogens (tertiary/aromatic N) is 3. The number of ether oxygens (including phenoxy) is 1. The summed E-state index contributed by atoms with van der Waals surface area (Å²) in [7, 11) is 1.86. The van der Waals surface area contributed by atoms with E-state index in [1.807, 2.05) is 30.7 Å². The Morgan fingerprint density at radius 3 is 2.79 bits per heavy atom. The molecule has 28 heavy (non-hydrogen) atoms. The van der Waals surface area contributed by atoms with Crippen molar-refractivity contribution in [2.75, 3.05) is 0 Å². The monoisotopic (exact) mass is 394 g/mol. The fraction of sp³-hybridized carbons (Fsp3) is 0.316. The van der Waals surface area contributed by atoms with Gasteiger partial charge in [-0.3, -0.25) is 4.79 Å². The number of hydrogen-bond acceptors (Lipinski definition) is 4. The normalized spacial score (nSPS) is 12.9. The van der Waals surface area contributed by atoms with Gasteiger partial charge in [-0.15, -0.1) is 0 Å². The van der Waals surface area contributed by atoms with E-state index in [0.717, 1.165) is 34.7 Å². The zero-order valence-corrected chi connectivity index (χ0v) is 15.8. The van der Waals surface area contributed by atoms with Crippen molar-refractivity contribution in [3.63, 3.8) is 0 Å². The number of fused-ring (bicyclic) bond motifs is 1. The molecule has 0 bridgehead atoms. The minimum atomic E-state index is -3.25. The summed E-state index contributed by atoms with van der Waals surface area (Å²) in [6.45, 7) is 3.28. The number of amides is 1. The van der Waals surface area contributed by atoms with Crippen LogP contribution in [0.4, 0.5) is 13.2 Å². The van der Waals surface area contributed by atoms with E-state index in [2.05, 4.69) is 26.7 Å². The van der Waals surface area contributed by atoms with Crippen molar-refractivity contribution in [2.45, 2.75) is 33.4 Å². The molecule has 2 rings (SSSR count). The summed E-state index contributed by atoms with van der Waals surface area (Å²) in [6, 6.07) is 3.86. The molecule has 0 saturated carbocycles. The molecule has 1 N–H and O–H groups in total. The Morgan fingerprint density at radius 1 is 1.46 bits per heavy atom. The van der Waals surface area contributed by atoms with Gasteiger partial charge in [-0.2, -0.15) is 8.78 Å². The molecule has 0 spiro atoms. The number of nitrogens with one attached hydrogen (secondary N) is 1. The Hall–Kier alpha value is -3.10. The Morgan fingerprint density at radius 2 is 2.18 bits per heavy atom. The van der Waals surface area contributed by atoms with Crippen molar-refractivity contribution in [1.82, 2.24) is 14.9 Å². The summed E-state index contributed by atoms with van der Waals surface area (Å²) < 4.78 is 44.2. The van der Waals surface area contributed by atoms with E-state index < -0.39 is 24.2 Å². The Bertz CT molecular complexity index is 948. The molecule has 0 fully saturated rings. The molecule has 1 aromatic carbocycles. The minimum absolute atomic E-state index is 0.0354. The lowest BCUT2D eigenvalue weighted by Gasteiger charge is -2.12. The first-order valence-corrected chi connectivity index (χ1v) is 8.48. The average molecular weight is 394 g/mol. The minimum Gasteiger partial charge on any atom is -0.414 e. The lowest BCUT2D eigenvalue weighted by molar-refractivity contribution is -0.117. The van der Waals surface area contributed by atoms with Crippen LogP contribution in [0.15, 0.2) is 46.8 Å². The number of alkyl halides is 2. The van der Waals surface area contributed by atoms with Gasteiger partial charge in [0.25, 0.3) is 5.88 Å². The van der Waals surface area contributed by atoms with Gasteiger partial charge in [-0.1, -0.05) is 13.0 Å². The number of halogens is 3. The highest BCUT2D eigenvalue weighted by Crippen LogP contribution is 2.22. The van der Waals surface area contributed by atoms with Crippen LogP contribution in [0.5, 0.6) is 0 Å². The molecule has 0 aliphatic heterocycles. The van der Waals surface area contributed by atoms with Crippen LogP contribution in [-0.2, 0) is 29.5 Å². The van der Waals surface area contributed by atoms with Gasteiger partial charge in [0, 0.05) is 24.7 Å². The number of aliphatic imine (C=N–C) groups is 1. The van der Waals surface area contributed by atoms with E-state index in [1.54, 1.807) is 6.33 Å². The first kappa shape index (κ1) is 21.2. The molecule has 1 heterocycles. The van der Waals surface area contributed by atoms with Gasteiger partial charge in [0.2, 0.25) is 5.91 Å². The number of rotatable bonds is 8. The number of allylic oxidation sites excluding steroid dienone is 2. The molecule has 2 aromatic rings. The van der Waals surface area contributed by atoms with Gasteiger partial charge >= 0.3 is 6.61 Å². The largest absolute Gasteiger partial charge is 0.414 e. The predicted octanol–water partition coefficient (Wildman–Crippen LogP) is 3.78. The third kappa shape index (κ3) is 4.79. The fourth-order valence-electron chi connectivity index (χ4n) is 2.78. The Balaban J connectivity index is 2.22. The van der Waals surface area contributed by atoms with E-state index >= 15 is 0 Å². The summed E-state index contributed by atoms with van der Waals surface area (Å²) >= 11 is 0. The van der Waals surface area contributed by atoms with Crippen LogP contribution in [0.1, 0.15) is 25.0 Å². The predicted molar refractivity (Wildman–Crippen MR) is 100 cm³/mol. The second kappa shape index (κ2) is 9.20. The SMILES string of the molecule is C=N/C(OC(F)F)=C(F)\C=C(/C)C(=O)NCc1c(CC)ccc2ncn(C)c12. The standard InChI is InChI=1S/C19H21F3N4O2/c1-5-12-6-7-15-16(26(4)10-25-15)13(12)9-24-17(27)11(2)8-14(20)18(23-3)28-19(21)22/h6-8,10,19H,3,5,9H2,1-2,4H3,(H,24,27)/b11-8+,18-14-. The lowest BCUT2D eigenvalue weighted by Crippen LogP contribution is -2.24. The van der Waals surface area contributed by atoms with Gasteiger partial charge in [-0.05, 0) is 37.8 Å². The number of aryl methyl sites for hydroxylation is 2. The molecular formula is C19H21F3N4O2. The van der Waals surface area contributed by atoms with E-state index in [9.17, 15) is 18.0 Å². The molecule has 0 radical (unpaired) electrons. The molecule has 0 aliphatic carbocycles. The van der Waals surface area contributed by atoms with Gasteiger partial charge in [0.05, 0.1) is 17.4 Å². The van der Waals surface area contributed by atoms with Gasteiger partial charge < -0.3 is 14.6 Å². The summed E-state index contributed by atoms with van der Waals surface area (Å²) in [5.41, 5.74) is 3.62. The van der Waals surface area contributed by atoms with Crippen molar-refractivity contribution in [3.05, 3.63) is 52.9 Å². The highest BCUT2D eigenvalue weighted by molar-refractivity contribution is 5.93. The van der Waals surface area contributed by atoms with Crippen molar-refractivity contribution in [2.24, 2.45) is 12.0 Å². The van der Waals surface area contributed by atoms with Crippen molar-refractivity contribution >= 4 is 23.7 Å². The smallest absolute Gasteiger partial charge is 0.388 e. The molecule has 1 amide bonds. The first-order valence-electron chi connectivity index (χ1n) is 8.48. The number of imidazole rings is 1. The van der Waals surface area contributed by atoms with Crippen LogP contribution < -0.4 is 5.32 Å². The van der Waals surface area contributed by atoms with Crippen LogP contribution >= 0.6 is 0 Å². The summed E-state index contributed by atoms with van der Waals surface area (Å²) in [5.74, 6) is -2.75. The summed E-state index contributed by atoms with van der Waals surface area (Å²) in [4.78, 5) is 19.7. The van der Waals surface area contributed by atoms with E-state index in [4.69, 9.17) is 0 Å². The molecular weight excluding hydrogens is 373 g/mol. The molecule has 0 saturated heterocycles. The summed E-state index contributed by atoms with van der Waals surface area (Å²) in [5, 5.41) is 2.71. The van der Waals surface area contributed by atoms with Crippen LogP contribution in [0.2, 0.25) is 0 Å². The topological polar surface area (TPSA) is 68.5 Å². The van der Waals surface area contributed by atoms with E-state index in [1.165, 1.54) is 6.92 Å². The van der Waals surface area contributed by atoms with E-state index in [-0.39, 0.29) is 12.1 Å². The molecule has 0 aliphatic rings. The highest BCUT2D eigenvalue weighted by Gasteiger charge is 2.15. The third-order valence-electron chi connectivity index (χ3n) is 4.14. The second-order valence-corrected chi connectivity index (χ2v) is 5.98. The lowest BCUT2D eigenvalue weighted by atomic mass is 10.0. The maximum Gasteiger partial charge on any atom is 0.388 e. The van der Waals surface area contributed by atoms with Gasteiger partial charge in [0.1, 0.15) is 0 Å². The average Bonchev–Trinajstić information content (AvgIpc) is 3.04. The van der Waals surface area contributed by atoms with Crippen LogP contribution in [0, 0.1) is 0 Å². The van der Waals surface area contributed by atoms with E-state index in [0.29, 0.717) is 0 Å².